The van der Waals surface area contributed by atoms with Crippen LogP contribution in [0.15, 0.2) is 69.0 Å². The molecular formula is C75H107N9O14. The first-order chi connectivity index (χ1) is 45.8. The van der Waals surface area contributed by atoms with Crippen LogP contribution in [0.5, 0.6) is 0 Å². The van der Waals surface area contributed by atoms with Crippen LogP contribution in [-0.4, -0.2) is 111 Å². The van der Waals surface area contributed by atoms with Gasteiger partial charge in [-0.1, -0.05) is 81.6 Å². The summed E-state index contributed by atoms with van der Waals surface area (Å²) in [5.41, 5.74) is 6.96. The number of ether oxygens (including phenoxy) is 2. The Labute approximate surface area is 574 Å². The first-order valence-corrected chi connectivity index (χ1v) is 35.1. The van der Waals surface area contributed by atoms with Gasteiger partial charge in [0.05, 0.1) is 38.7 Å². The minimum Gasteiger partial charge on any atom is -0.478 e. The number of nitrogens with two attached hydrogens (primary N) is 1. The van der Waals surface area contributed by atoms with E-state index in [4.69, 9.17) is 15.2 Å². The summed E-state index contributed by atoms with van der Waals surface area (Å²) in [7, 11) is 0. The standard InChI is InChI=1S/C27H39N3O5.C26H37N3O6.C22H31N3O3/c1-16(2)20-10-8-17(3)14-21(20)24(32)30-22-11-9-19(18(4)31)15-23(22)29(26(30)34)13-12-28-25(33)35-27(5,6)7;1-15(2)18-9-7-16(3)13-19(18)22(30)29-20-10-8-17(23(31)32)14-21(20)28(25(29)34)12-11-27-24(33)35-26(4,5)6;1-13(2)17-7-5-14(3)11-18(17)21(27)25-19-8-6-16(15(4)26)12-20(19)24(10-9-23)22(25)28/h9,11,15-17,20-21H,8,10,12-14H2,1-7H3,(H,28,33);8,10,14-16,18-19H,7,9,11-13H2,1-6H3,(H,27,33)(H,31,32);6,8,12-14,17-18H,5,7,9-11,23H2,1-4H3/t17-,20+,21-;16-,18+,19-;14-,17+,18-/m111/s1. The van der Waals surface area contributed by atoms with Gasteiger partial charge >= 0.3 is 35.2 Å². The average Bonchev–Trinajstić information content (AvgIpc) is 1.61. The van der Waals surface area contributed by atoms with Gasteiger partial charge in [0.15, 0.2) is 11.6 Å². The maximum Gasteiger partial charge on any atom is 0.407 e. The van der Waals surface area contributed by atoms with Crippen molar-refractivity contribution >= 4 is 80.5 Å². The van der Waals surface area contributed by atoms with Gasteiger partial charge in [0.25, 0.3) is 0 Å². The van der Waals surface area contributed by atoms with E-state index in [2.05, 4.69) is 72.9 Å². The summed E-state index contributed by atoms with van der Waals surface area (Å²) < 4.78 is 18.7. The number of benzene rings is 3. The van der Waals surface area contributed by atoms with Gasteiger partial charge in [-0.3, -0.25) is 37.7 Å². The lowest BCUT2D eigenvalue weighted by Crippen LogP contribution is -2.41. The van der Waals surface area contributed by atoms with Gasteiger partial charge in [-0.15, -0.1) is 0 Å². The molecule has 9 rings (SSSR count). The molecule has 3 aliphatic rings. The lowest BCUT2D eigenvalue weighted by molar-refractivity contribution is 0.0514. The highest BCUT2D eigenvalue weighted by molar-refractivity contribution is 6.01. The number of ketones is 2. The second-order valence-electron chi connectivity index (χ2n) is 30.8. The summed E-state index contributed by atoms with van der Waals surface area (Å²) >= 11 is 0. The summed E-state index contributed by atoms with van der Waals surface area (Å²) in [6, 6.07) is 14.4. The van der Waals surface area contributed by atoms with Crippen LogP contribution in [0.1, 0.15) is 221 Å². The van der Waals surface area contributed by atoms with E-state index in [0.29, 0.717) is 92.7 Å². The van der Waals surface area contributed by atoms with Crippen LogP contribution >= 0.6 is 0 Å². The molecule has 6 aromatic rings. The Balaban J connectivity index is 0.000000208. The first-order valence-electron chi connectivity index (χ1n) is 35.1. The molecule has 3 aromatic carbocycles. The summed E-state index contributed by atoms with van der Waals surface area (Å²) in [6.45, 7) is 33.8. The van der Waals surface area contributed by atoms with Crippen LogP contribution in [0.3, 0.4) is 0 Å². The van der Waals surface area contributed by atoms with Gasteiger partial charge in [-0.2, -0.15) is 0 Å². The van der Waals surface area contributed by atoms with E-state index in [-0.39, 0.29) is 109 Å². The number of hydrogen-bond donors (Lipinski definition) is 4. The van der Waals surface area contributed by atoms with E-state index in [1.165, 1.54) is 59.4 Å². The van der Waals surface area contributed by atoms with Gasteiger partial charge in [-0.25, -0.2) is 42.5 Å². The molecule has 23 heteroatoms. The zero-order valence-electron chi connectivity index (χ0n) is 60.7. The Bertz CT molecular complexity index is 3940. The molecule has 0 aliphatic heterocycles. The topological polar surface area (TPSA) is 306 Å². The summed E-state index contributed by atoms with van der Waals surface area (Å²) in [5.74, 6) is 0.432. The van der Waals surface area contributed by atoms with Crippen LogP contribution in [-0.2, 0) is 29.1 Å². The number of imidazole rings is 3. The van der Waals surface area contributed by atoms with Gasteiger partial charge in [0.1, 0.15) is 11.2 Å². The van der Waals surface area contributed by atoms with Gasteiger partial charge in [0.2, 0.25) is 17.7 Å². The number of nitrogens with one attached hydrogen (secondary N) is 2. The fourth-order valence-corrected chi connectivity index (χ4v) is 14.9. The van der Waals surface area contributed by atoms with Crippen LogP contribution < -0.4 is 33.4 Å². The predicted octanol–water partition coefficient (Wildman–Crippen LogP) is 12.6. The number of fused-ring (bicyclic) bond motifs is 3. The predicted molar refractivity (Wildman–Crippen MR) is 379 cm³/mol. The molecule has 0 bridgehead atoms. The van der Waals surface area contributed by atoms with Crippen molar-refractivity contribution in [2.45, 2.75) is 206 Å². The zero-order chi connectivity index (χ0) is 72.7. The van der Waals surface area contributed by atoms with E-state index in [1.54, 1.807) is 77.9 Å². The molecule has 2 amide bonds. The largest absolute Gasteiger partial charge is 0.478 e. The number of hydrogen-bond acceptors (Lipinski definition) is 14. The third-order valence-corrected chi connectivity index (χ3v) is 19.9. The first kappa shape index (κ1) is 77.1. The number of carboxylic acid groups (broad SMARTS) is 1. The molecule has 23 nitrogen and oxygen atoms in total. The van der Waals surface area contributed by atoms with E-state index < -0.39 is 40.7 Å². The molecule has 3 heterocycles. The molecule has 0 radical (unpaired) electrons. The number of carboxylic acids is 1. The molecule has 98 heavy (non-hydrogen) atoms. The molecule has 536 valence electrons. The normalized spacial score (nSPS) is 21.3. The van der Waals surface area contributed by atoms with E-state index >= 15 is 0 Å². The van der Waals surface area contributed by atoms with Crippen LogP contribution in [0.4, 0.5) is 9.59 Å². The maximum absolute atomic E-state index is 13.9. The summed E-state index contributed by atoms with van der Waals surface area (Å²) in [6.07, 6.45) is 7.27. The Morgan fingerprint density at radius 2 is 0.755 bits per heavy atom. The molecule has 3 aliphatic carbocycles. The number of amides is 2. The number of carbonyl (C=O) groups is 8. The molecule has 5 N–H and O–H groups in total. The van der Waals surface area contributed by atoms with Crippen molar-refractivity contribution in [3.63, 3.8) is 0 Å². The van der Waals surface area contributed by atoms with Crippen molar-refractivity contribution in [1.82, 2.24) is 38.0 Å². The van der Waals surface area contributed by atoms with Crippen molar-refractivity contribution in [2.75, 3.05) is 19.6 Å². The Morgan fingerprint density at radius 1 is 0.469 bits per heavy atom. The van der Waals surface area contributed by atoms with Crippen molar-refractivity contribution in [1.29, 1.82) is 0 Å². The summed E-state index contributed by atoms with van der Waals surface area (Å²) in [4.78, 5) is 141. The molecule has 3 saturated carbocycles. The maximum atomic E-state index is 13.9. The van der Waals surface area contributed by atoms with Crippen molar-refractivity contribution in [3.8, 4) is 0 Å². The lowest BCUT2D eigenvalue weighted by atomic mass is 9.69. The smallest absolute Gasteiger partial charge is 0.407 e. The highest BCUT2D eigenvalue weighted by Crippen LogP contribution is 2.42. The summed E-state index contributed by atoms with van der Waals surface area (Å²) in [5, 5.41) is 14.8. The van der Waals surface area contributed by atoms with E-state index in [1.807, 2.05) is 0 Å². The minimum atomic E-state index is -1.13. The minimum absolute atomic E-state index is 0.0160. The number of carbonyl (C=O) groups excluding carboxylic acids is 7. The quantitative estimate of drug-likeness (QED) is 0.0617. The molecule has 0 spiro atoms. The van der Waals surface area contributed by atoms with Gasteiger partial charge < -0.3 is 30.9 Å². The average molecular weight is 1360 g/mol. The highest BCUT2D eigenvalue weighted by Gasteiger charge is 2.41. The third kappa shape index (κ3) is 18.2. The fourth-order valence-electron chi connectivity index (χ4n) is 14.9. The van der Waals surface area contributed by atoms with E-state index in [9.17, 15) is 57.8 Å². The third-order valence-electron chi connectivity index (χ3n) is 19.9. The molecular weight excluding hydrogens is 1250 g/mol. The zero-order valence-corrected chi connectivity index (χ0v) is 60.7. The lowest BCUT2D eigenvalue weighted by Gasteiger charge is -2.36. The number of Topliss-reactive ketones (excluding diaryl/α,β-unsaturated/α-hetero) is 2. The number of aromatic carboxylic acids is 1. The molecule has 3 fully saturated rings. The molecule has 0 saturated heterocycles. The number of alkyl carbamates (subject to hydrolysis) is 2. The van der Waals surface area contributed by atoms with Crippen molar-refractivity contribution in [2.24, 2.45) is 76.7 Å². The second kappa shape index (κ2) is 32.2. The Morgan fingerprint density at radius 3 is 1.02 bits per heavy atom. The monoisotopic (exact) mass is 1360 g/mol. The Kier molecular flexibility index (Phi) is 25.3. The van der Waals surface area contributed by atoms with Crippen molar-refractivity contribution < 1.29 is 52.9 Å². The number of nitrogens with zero attached hydrogens (tertiary/aromatic N) is 6. The fraction of sp³-hybridized carbons (Fsp3) is 0.613. The SMILES string of the molecule is CC(=O)c1ccc2c(c1)n(CCN)c(=O)n2C(=O)[C@@H]1C[C@H](C)CC[C@H]1C(C)C.CC(=O)c1ccc2c(c1)n(CCNC(=O)OC(C)(C)C)c(=O)n2C(=O)[C@@H]1C[C@H](C)CC[C@H]1C(C)C.CC(C)[C@@H]1CC[C@@H](C)C[C@H]1C(=O)n1c(=O)n(CCNC(=O)OC(C)(C)C)c2cc(C(=O)O)ccc21. The van der Waals surface area contributed by atoms with Crippen LogP contribution in [0.2, 0.25) is 0 Å². The molecule has 3 aromatic heterocycles. The Hall–Kier alpha value is -8.21. The van der Waals surface area contributed by atoms with Gasteiger partial charge in [0, 0.05) is 68.1 Å². The highest BCUT2D eigenvalue weighted by atomic mass is 16.6. The number of rotatable bonds is 17. The van der Waals surface area contributed by atoms with Crippen molar-refractivity contribution in [3.05, 3.63) is 103 Å². The molecule has 9 atom stereocenters. The second-order valence-corrected chi connectivity index (χ2v) is 30.8. The van der Waals surface area contributed by atoms with E-state index in [0.717, 1.165) is 51.4 Å². The van der Waals surface area contributed by atoms with Crippen LogP contribution in [0, 0.1) is 71.0 Å². The molecule has 0 unspecified atom stereocenters. The van der Waals surface area contributed by atoms with Gasteiger partial charge in [-0.05, 0) is 202 Å². The number of aromatic nitrogens is 6. The van der Waals surface area contributed by atoms with Crippen LogP contribution in [0.25, 0.3) is 33.1 Å².